The standard InChI is InChI=1S/C5H11NO3/c7-3-1-6-2-4(8)5(3)9/h3-9H,1-2H2/t3-,4-/m1/s1. The highest BCUT2D eigenvalue weighted by Crippen LogP contribution is 2.02. The molecule has 0 saturated carbocycles. The van der Waals surface area contributed by atoms with Crippen molar-refractivity contribution < 1.29 is 15.3 Å². The van der Waals surface area contributed by atoms with E-state index < -0.39 is 18.3 Å². The summed E-state index contributed by atoms with van der Waals surface area (Å²) in [7, 11) is 0. The second-order valence-corrected chi connectivity index (χ2v) is 2.28. The Kier molecular flexibility index (Phi) is 2.02. The molecule has 1 fully saturated rings. The Labute approximate surface area is 53.1 Å². The number of β-amino-alcohol motifs (C(OH)–C–C–N with tert-alkyl or cyclic N) is 2. The molecule has 0 aromatic rings. The van der Waals surface area contributed by atoms with Crippen LogP contribution in [0.25, 0.3) is 0 Å². The van der Waals surface area contributed by atoms with E-state index in [1.54, 1.807) is 0 Å². The van der Waals surface area contributed by atoms with E-state index in [4.69, 9.17) is 15.3 Å². The Morgan fingerprint density at radius 3 is 1.78 bits per heavy atom. The molecule has 4 nitrogen and oxygen atoms in total. The first-order valence-corrected chi connectivity index (χ1v) is 2.96. The predicted octanol–water partition coefficient (Wildman–Crippen LogP) is -2.33. The maximum atomic E-state index is 8.91. The van der Waals surface area contributed by atoms with Crippen LogP contribution in [-0.2, 0) is 0 Å². The molecule has 1 saturated heterocycles. The average Bonchev–Trinajstić information content (AvgIpc) is 1.83. The number of rotatable bonds is 0. The fourth-order valence-electron chi connectivity index (χ4n) is 0.877. The molecule has 1 heterocycles. The maximum Gasteiger partial charge on any atom is 0.108 e. The highest BCUT2D eigenvalue weighted by Gasteiger charge is 2.27. The molecule has 0 unspecified atom stereocenters. The van der Waals surface area contributed by atoms with Crippen LogP contribution in [0.3, 0.4) is 0 Å². The number of aliphatic hydroxyl groups is 3. The summed E-state index contributed by atoms with van der Waals surface area (Å²) in [6.45, 7) is 0.719. The Hall–Kier alpha value is -0.160. The Bertz CT molecular complexity index is 88.2. The molecule has 4 heteroatoms. The fourth-order valence-corrected chi connectivity index (χ4v) is 0.877. The first kappa shape index (κ1) is 6.95. The average molecular weight is 133 g/mol. The van der Waals surface area contributed by atoms with Crippen LogP contribution in [0.5, 0.6) is 0 Å². The quantitative estimate of drug-likeness (QED) is 0.299. The summed E-state index contributed by atoms with van der Waals surface area (Å²) < 4.78 is 0. The van der Waals surface area contributed by atoms with E-state index in [9.17, 15) is 0 Å². The first-order valence-electron chi connectivity index (χ1n) is 2.96. The second-order valence-electron chi connectivity index (χ2n) is 2.28. The first-order chi connectivity index (χ1) is 4.22. The van der Waals surface area contributed by atoms with E-state index in [0.717, 1.165) is 0 Å². The van der Waals surface area contributed by atoms with Crippen molar-refractivity contribution >= 4 is 0 Å². The van der Waals surface area contributed by atoms with E-state index in [2.05, 4.69) is 5.32 Å². The minimum absolute atomic E-state index is 0.359. The summed E-state index contributed by atoms with van der Waals surface area (Å²) in [5.41, 5.74) is 0. The van der Waals surface area contributed by atoms with Crippen LogP contribution in [0, 0.1) is 0 Å². The number of hydrogen-bond acceptors (Lipinski definition) is 4. The Balaban J connectivity index is 2.41. The summed E-state index contributed by atoms with van der Waals surface area (Å²) in [5, 5.41) is 29.4. The Morgan fingerprint density at radius 2 is 1.44 bits per heavy atom. The molecular weight excluding hydrogens is 122 g/mol. The summed E-state index contributed by atoms with van der Waals surface area (Å²) in [4.78, 5) is 0. The van der Waals surface area contributed by atoms with E-state index in [0.29, 0.717) is 13.1 Å². The van der Waals surface area contributed by atoms with Crippen LogP contribution in [0.15, 0.2) is 0 Å². The second kappa shape index (κ2) is 2.62. The van der Waals surface area contributed by atoms with E-state index >= 15 is 0 Å². The van der Waals surface area contributed by atoms with Crippen LogP contribution in [0.2, 0.25) is 0 Å². The van der Waals surface area contributed by atoms with Gasteiger partial charge < -0.3 is 20.6 Å². The van der Waals surface area contributed by atoms with Crippen molar-refractivity contribution in [3.8, 4) is 0 Å². The molecule has 2 atom stereocenters. The third kappa shape index (κ3) is 1.40. The van der Waals surface area contributed by atoms with Gasteiger partial charge in [-0.05, 0) is 0 Å². The largest absolute Gasteiger partial charge is 0.389 e. The lowest BCUT2D eigenvalue weighted by molar-refractivity contribution is -0.0750. The normalized spacial score (nSPS) is 39.0. The van der Waals surface area contributed by atoms with Gasteiger partial charge in [0.25, 0.3) is 0 Å². The summed E-state index contributed by atoms with van der Waals surface area (Å²) in [5.74, 6) is 0. The molecule has 4 N–H and O–H groups in total. The third-order valence-electron chi connectivity index (χ3n) is 1.50. The van der Waals surface area contributed by atoms with Gasteiger partial charge in [-0.15, -0.1) is 0 Å². The maximum absolute atomic E-state index is 8.91. The summed E-state index contributed by atoms with van der Waals surface area (Å²) in [6, 6.07) is 0. The van der Waals surface area contributed by atoms with Crippen LogP contribution < -0.4 is 5.32 Å². The van der Waals surface area contributed by atoms with Gasteiger partial charge in [0, 0.05) is 13.1 Å². The van der Waals surface area contributed by atoms with Crippen molar-refractivity contribution in [2.75, 3.05) is 13.1 Å². The topological polar surface area (TPSA) is 72.7 Å². The zero-order valence-electron chi connectivity index (χ0n) is 4.99. The van der Waals surface area contributed by atoms with E-state index in [1.165, 1.54) is 0 Å². The van der Waals surface area contributed by atoms with Crippen molar-refractivity contribution in [2.45, 2.75) is 18.3 Å². The lowest BCUT2D eigenvalue weighted by Crippen LogP contribution is -2.53. The monoisotopic (exact) mass is 133 g/mol. The van der Waals surface area contributed by atoms with Crippen molar-refractivity contribution in [3.63, 3.8) is 0 Å². The molecule has 0 spiro atoms. The van der Waals surface area contributed by atoms with Gasteiger partial charge in [-0.2, -0.15) is 0 Å². The molecule has 1 aliphatic heterocycles. The molecule has 54 valence electrons. The Morgan fingerprint density at radius 1 is 1.00 bits per heavy atom. The zero-order chi connectivity index (χ0) is 6.85. The van der Waals surface area contributed by atoms with Gasteiger partial charge in [0.2, 0.25) is 0 Å². The van der Waals surface area contributed by atoms with Crippen molar-refractivity contribution in [1.82, 2.24) is 5.32 Å². The van der Waals surface area contributed by atoms with Gasteiger partial charge in [-0.25, -0.2) is 0 Å². The highest BCUT2D eigenvalue weighted by atomic mass is 16.4. The number of piperidine rings is 1. The predicted molar refractivity (Wildman–Crippen MR) is 30.9 cm³/mol. The molecule has 0 radical (unpaired) electrons. The van der Waals surface area contributed by atoms with Crippen LogP contribution in [0.1, 0.15) is 0 Å². The van der Waals surface area contributed by atoms with Crippen molar-refractivity contribution in [3.05, 3.63) is 0 Å². The number of nitrogens with one attached hydrogen (secondary N) is 1. The van der Waals surface area contributed by atoms with Gasteiger partial charge >= 0.3 is 0 Å². The molecule has 0 amide bonds. The van der Waals surface area contributed by atoms with E-state index in [-0.39, 0.29) is 0 Å². The smallest absolute Gasteiger partial charge is 0.108 e. The lowest BCUT2D eigenvalue weighted by atomic mass is 10.0. The van der Waals surface area contributed by atoms with Crippen molar-refractivity contribution in [1.29, 1.82) is 0 Å². The van der Waals surface area contributed by atoms with E-state index in [1.807, 2.05) is 0 Å². The minimum atomic E-state index is -0.980. The third-order valence-corrected chi connectivity index (χ3v) is 1.50. The van der Waals surface area contributed by atoms with Crippen LogP contribution >= 0.6 is 0 Å². The molecular formula is C5H11NO3. The molecule has 0 aromatic heterocycles. The van der Waals surface area contributed by atoms with Gasteiger partial charge in [-0.3, -0.25) is 0 Å². The summed E-state index contributed by atoms with van der Waals surface area (Å²) >= 11 is 0. The molecule has 1 aliphatic rings. The van der Waals surface area contributed by atoms with Gasteiger partial charge in [-0.1, -0.05) is 0 Å². The number of aliphatic hydroxyl groups excluding tert-OH is 3. The highest BCUT2D eigenvalue weighted by molar-refractivity contribution is 4.83. The van der Waals surface area contributed by atoms with Gasteiger partial charge in [0.1, 0.15) is 6.10 Å². The molecule has 0 bridgehead atoms. The lowest BCUT2D eigenvalue weighted by Gasteiger charge is -2.28. The minimum Gasteiger partial charge on any atom is -0.389 e. The fraction of sp³-hybridized carbons (Fsp3) is 1.00. The van der Waals surface area contributed by atoms with Gasteiger partial charge in [0.05, 0.1) is 12.2 Å². The molecule has 0 aliphatic carbocycles. The van der Waals surface area contributed by atoms with Crippen LogP contribution in [-0.4, -0.2) is 46.7 Å². The molecule has 1 rings (SSSR count). The molecule has 9 heavy (non-hydrogen) atoms. The zero-order valence-corrected chi connectivity index (χ0v) is 4.99. The van der Waals surface area contributed by atoms with Gasteiger partial charge in [0.15, 0.2) is 0 Å². The van der Waals surface area contributed by atoms with Crippen molar-refractivity contribution in [2.24, 2.45) is 0 Å². The number of hydrogen-bond donors (Lipinski definition) is 4. The summed E-state index contributed by atoms with van der Waals surface area (Å²) in [6.07, 6.45) is -2.63. The molecule has 0 aromatic carbocycles. The van der Waals surface area contributed by atoms with Crippen LogP contribution in [0.4, 0.5) is 0 Å². The SMILES string of the molecule is OC1[C@H](O)CNC[C@H]1O.